The van der Waals surface area contributed by atoms with Gasteiger partial charge in [0.15, 0.2) is 0 Å². The molecule has 1 aromatic rings. The van der Waals surface area contributed by atoms with E-state index < -0.39 is 0 Å². The van der Waals surface area contributed by atoms with E-state index in [1.807, 2.05) is 0 Å². The van der Waals surface area contributed by atoms with Gasteiger partial charge < -0.3 is 4.98 Å². The number of hydrogen-bond acceptors (Lipinski definition) is 0. The minimum Gasteiger partial charge on any atom is -0.365 e. The molecule has 0 amide bonds. The first-order valence-corrected chi connectivity index (χ1v) is 15.5. The van der Waals surface area contributed by atoms with Crippen molar-refractivity contribution in [3.63, 3.8) is 0 Å². The van der Waals surface area contributed by atoms with Gasteiger partial charge in [-0.1, -0.05) is 161 Å². The Balaban J connectivity index is 1.64. The molecule has 1 nitrogen and oxygen atoms in total. The van der Waals surface area contributed by atoms with Gasteiger partial charge in [0.2, 0.25) is 0 Å². The van der Waals surface area contributed by atoms with Crippen LogP contribution < -0.4 is 0 Å². The number of aromatic amines is 1. The first kappa shape index (κ1) is 30.3. The maximum Gasteiger partial charge on any atom is 0.0148 e. The number of unbranched alkanes of at least 4 members (excludes halogenated alkanes) is 24. The van der Waals surface area contributed by atoms with Gasteiger partial charge in [-0.2, -0.15) is 0 Å². The minimum atomic E-state index is 1.26. The SMILES string of the molecule is CCCCCCCCCCCCCCCCCCCCCCCCCCCc1cc[nH]c1C. The smallest absolute Gasteiger partial charge is 0.0148 e. The summed E-state index contributed by atoms with van der Waals surface area (Å²) in [5, 5.41) is 0. The van der Waals surface area contributed by atoms with Crippen LogP contribution in [0.4, 0.5) is 0 Å². The molecule has 194 valence electrons. The van der Waals surface area contributed by atoms with Gasteiger partial charge in [0.05, 0.1) is 0 Å². The lowest BCUT2D eigenvalue weighted by atomic mass is 10.0. The molecular formula is C32H61N. The van der Waals surface area contributed by atoms with Crippen LogP contribution in [-0.2, 0) is 6.42 Å². The molecule has 1 N–H and O–H groups in total. The molecule has 0 saturated carbocycles. The zero-order valence-electron chi connectivity index (χ0n) is 23.0. The van der Waals surface area contributed by atoms with Crippen LogP contribution in [0.1, 0.15) is 179 Å². The third-order valence-electron chi connectivity index (χ3n) is 7.62. The molecule has 0 spiro atoms. The number of aryl methyl sites for hydroxylation is 2. The lowest BCUT2D eigenvalue weighted by Crippen LogP contribution is -1.87. The quantitative estimate of drug-likeness (QED) is 0.133. The molecule has 0 radical (unpaired) electrons. The first-order chi connectivity index (χ1) is 16.3. The predicted octanol–water partition coefficient (Wildman–Crippen LogP) is 11.6. The summed E-state index contributed by atoms with van der Waals surface area (Å²) in [4.78, 5) is 3.29. The molecule has 0 saturated heterocycles. The lowest BCUT2D eigenvalue weighted by molar-refractivity contribution is 0.516. The van der Waals surface area contributed by atoms with E-state index in [1.165, 1.54) is 178 Å². The molecule has 0 bridgehead atoms. The minimum absolute atomic E-state index is 1.26. The Kier molecular flexibility index (Phi) is 22.4. The van der Waals surface area contributed by atoms with E-state index in [9.17, 15) is 0 Å². The summed E-state index contributed by atoms with van der Waals surface area (Å²) in [6.07, 6.45) is 39.9. The van der Waals surface area contributed by atoms with Gasteiger partial charge in [0, 0.05) is 11.9 Å². The highest BCUT2D eigenvalue weighted by atomic mass is 14.7. The molecular weight excluding hydrogens is 398 g/mol. The van der Waals surface area contributed by atoms with E-state index in [-0.39, 0.29) is 0 Å². The third-order valence-corrected chi connectivity index (χ3v) is 7.62. The van der Waals surface area contributed by atoms with Crippen molar-refractivity contribution in [3.8, 4) is 0 Å². The standard InChI is InChI=1S/C32H61N/c1-3-4-5-6-7-8-9-10-11-12-13-14-15-16-17-18-19-20-21-22-23-24-25-26-27-28-32-29-30-33-31(32)2/h29-30,33H,3-28H2,1-2H3. The fourth-order valence-electron chi connectivity index (χ4n) is 5.21. The molecule has 0 unspecified atom stereocenters. The van der Waals surface area contributed by atoms with Crippen LogP contribution >= 0.6 is 0 Å². The molecule has 0 aromatic carbocycles. The van der Waals surface area contributed by atoms with Crippen molar-refractivity contribution in [2.45, 2.75) is 181 Å². The Hall–Kier alpha value is -0.720. The normalized spacial score (nSPS) is 11.5. The summed E-state index contributed by atoms with van der Waals surface area (Å²) >= 11 is 0. The van der Waals surface area contributed by atoms with Crippen molar-refractivity contribution in [1.29, 1.82) is 0 Å². The maximum absolute atomic E-state index is 3.29. The second-order valence-corrected chi connectivity index (χ2v) is 10.9. The highest BCUT2D eigenvalue weighted by Crippen LogP contribution is 2.16. The molecule has 1 heteroatoms. The lowest BCUT2D eigenvalue weighted by Gasteiger charge is -2.04. The zero-order valence-corrected chi connectivity index (χ0v) is 23.0. The van der Waals surface area contributed by atoms with E-state index in [1.54, 1.807) is 0 Å². The number of nitrogens with one attached hydrogen (secondary N) is 1. The van der Waals surface area contributed by atoms with Crippen LogP contribution in [0, 0.1) is 6.92 Å². The fourth-order valence-corrected chi connectivity index (χ4v) is 5.21. The Labute approximate surface area is 209 Å². The molecule has 0 aliphatic heterocycles. The van der Waals surface area contributed by atoms with Crippen molar-refractivity contribution >= 4 is 0 Å². The highest BCUT2D eigenvalue weighted by Gasteiger charge is 1.99. The van der Waals surface area contributed by atoms with Crippen LogP contribution in [0.25, 0.3) is 0 Å². The van der Waals surface area contributed by atoms with E-state index in [4.69, 9.17) is 0 Å². The zero-order chi connectivity index (χ0) is 23.7. The highest BCUT2D eigenvalue weighted by molar-refractivity contribution is 5.18. The van der Waals surface area contributed by atoms with Crippen molar-refractivity contribution in [3.05, 3.63) is 23.5 Å². The third kappa shape index (κ3) is 20.4. The summed E-state index contributed by atoms with van der Waals surface area (Å²) in [6, 6.07) is 2.24. The Morgan fingerprint density at radius 3 is 1.03 bits per heavy atom. The Morgan fingerprint density at radius 2 is 0.758 bits per heavy atom. The van der Waals surface area contributed by atoms with Gasteiger partial charge in [0.25, 0.3) is 0 Å². The van der Waals surface area contributed by atoms with E-state index in [2.05, 4.69) is 31.1 Å². The van der Waals surface area contributed by atoms with Crippen molar-refractivity contribution < 1.29 is 0 Å². The molecule has 0 aliphatic rings. The van der Waals surface area contributed by atoms with Crippen molar-refractivity contribution in [2.24, 2.45) is 0 Å². The fraction of sp³-hybridized carbons (Fsp3) is 0.875. The molecule has 0 aliphatic carbocycles. The van der Waals surface area contributed by atoms with Gasteiger partial charge in [-0.05, 0) is 31.4 Å². The van der Waals surface area contributed by atoms with E-state index in [0.29, 0.717) is 0 Å². The van der Waals surface area contributed by atoms with Gasteiger partial charge in [-0.15, -0.1) is 0 Å². The number of hydrogen-bond donors (Lipinski definition) is 1. The van der Waals surface area contributed by atoms with Gasteiger partial charge in [-0.25, -0.2) is 0 Å². The average Bonchev–Trinajstić information content (AvgIpc) is 3.23. The van der Waals surface area contributed by atoms with Crippen LogP contribution in [0.2, 0.25) is 0 Å². The second-order valence-electron chi connectivity index (χ2n) is 10.9. The summed E-state index contributed by atoms with van der Waals surface area (Å²) in [6.45, 7) is 4.49. The molecule has 1 heterocycles. The van der Waals surface area contributed by atoms with Crippen LogP contribution in [0.5, 0.6) is 0 Å². The van der Waals surface area contributed by atoms with E-state index >= 15 is 0 Å². The maximum atomic E-state index is 3.29. The first-order valence-electron chi connectivity index (χ1n) is 15.5. The monoisotopic (exact) mass is 459 g/mol. The van der Waals surface area contributed by atoms with Gasteiger partial charge in [0.1, 0.15) is 0 Å². The number of aromatic nitrogens is 1. The summed E-state index contributed by atoms with van der Waals surface area (Å²) in [5.41, 5.74) is 2.88. The Bertz CT molecular complexity index is 488. The average molecular weight is 460 g/mol. The van der Waals surface area contributed by atoms with Crippen molar-refractivity contribution in [2.75, 3.05) is 0 Å². The van der Waals surface area contributed by atoms with Gasteiger partial charge >= 0.3 is 0 Å². The number of rotatable bonds is 26. The largest absolute Gasteiger partial charge is 0.365 e. The summed E-state index contributed by atoms with van der Waals surface area (Å²) in [5.74, 6) is 0. The van der Waals surface area contributed by atoms with Crippen LogP contribution in [0.3, 0.4) is 0 Å². The Morgan fingerprint density at radius 1 is 0.455 bits per heavy atom. The molecule has 0 fully saturated rings. The summed E-state index contributed by atoms with van der Waals surface area (Å²) in [7, 11) is 0. The molecule has 1 aromatic heterocycles. The van der Waals surface area contributed by atoms with Crippen LogP contribution in [-0.4, -0.2) is 4.98 Å². The molecule has 0 atom stereocenters. The topological polar surface area (TPSA) is 15.8 Å². The van der Waals surface area contributed by atoms with E-state index in [0.717, 1.165) is 0 Å². The molecule has 1 rings (SSSR count). The number of H-pyrrole nitrogens is 1. The second kappa shape index (κ2) is 24.4. The predicted molar refractivity (Wildman–Crippen MR) is 150 cm³/mol. The summed E-state index contributed by atoms with van der Waals surface area (Å²) < 4.78 is 0. The molecule has 33 heavy (non-hydrogen) atoms. The van der Waals surface area contributed by atoms with Gasteiger partial charge in [-0.3, -0.25) is 0 Å². The van der Waals surface area contributed by atoms with Crippen LogP contribution in [0.15, 0.2) is 12.3 Å². The van der Waals surface area contributed by atoms with Crippen molar-refractivity contribution in [1.82, 2.24) is 4.98 Å².